The number of aliphatic hydroxyl groups excluding tert-OH is 1. The minimum atomic E-state index is -0.900. The molecule has 186 valence electrons. The Balaban J connectivity index is 1.83. The number of likely N-dealkylation sites (tertiary alicyclic amines) is 1. The molecule has 0 bridgehead atoms. The van der Waals surface area contributed by atoms with Crippen LogP contribution in [0, 0.1) is 0 Å². The van der Waals surface area contributed by atoms with Gasteiger partial charge in [0.05, 0.1) is 36.4 Å². The van der Waals surface area contributed by atoms with Crippen LogP contribution in [-0.2, 0) is 16.0 Å². The van der Waals surface area contributed by atoms with Crippen molar-refractivity contribution in [3.63, 3.8) is 0 Å². The fraction of sp³-hybridized carbons (Fsp3) is 0.185. The topological polar surface area (TPSA) is 96.3 Å². The zero-order valence-corrected chi connectivity index (χ0v) is 21.0. The number of aliphatic hydroxyl groups is 1. The van der Waals surface area contributed by atoms with E-state index in [1.165, 1.54) is 43.4 Å². The lowest BCUT2D eigenvalue weighted by Gasteiger charge is -2.25. The number of ether oxygens (including phenoxy) is 2. The lowest BCUT2D eigenvalue weighted by atomic mass is 9.94. The molecular formula is C27H23Cl2NO6. The molecule has 1 saturated heterocycles. The maximum atomic E-state index is 13.3. The smallest absolute Gasteiger partial charge is 0.295 e. The number of hydrogen-bond donors (Lipinski definition) is 2. The first-order valence-electron chi connectivity index (χ1n) is 11.0. The van der Waals surface area contributed by atoms with Gasteiger partial charge in [-0.3, -0.25) is 9.59 Å². The third kappa shape index (κ3) is 4.85. The van der Waals surface area contributed by atoms with Gasteiger partial charge >= 0.3 is 0 Å². The number of hydrogen-bond acceptors (Lipinski definition) is 6. The summed E-state index contributed by atoms with van der Waals surface area (Å²) in [6, 6.07) is 15.3. The number of methoxy groups -OCH3 is 2. The van der Waals surface area contributed by atoms with Crippen LogP contribution in [0.15, 0.2) is 66.2 Å². The molecule has 3 aromatic rings. The van der Waals surface area contributed by atoms with Crippen LogP contribution in [0.5, 0.6) is 17.2 Å². The highest BCUT2D eigenvalue weighted by atomic mass is 35.5. The Bertz CT molecular complexity index is 1340. The van der Waals surface area contributed by atoms with E-state index >= 15 is 0 Å². The van der Waals surface area contributed by atoms with E-state index in [2.05, 4.69) is 0 Å². The number of amides is 1. The second-order valence-corrected chi connectivity index (χ2v) is 8.99. The molecule has 0 saturated carbocycles. The number of carbonyl (C=O) groups is 2. The number of aromatic hydroxyl groups is 1. The zero-order valence-electron chi connectivity index (χ0n) is 19.5. The van der Waals surface area contributed by atoms with Crippen molar-refractivity contribution in [3.05, 3.63) is 93.0 Å². The molecule has 36 heavy (non-hydrogen) atoms. The number of nitrogens with zero attached hydrogens (tertiary/aromatic N) is 1. The van der Waals surface area contributed by atoms with Gasteiger partial charge < -0.3 is 24.6 Å². The monoisotopic (exact) mass is 527 g/mol. The fourth-order valence-corrected chi connectivity index (χ4v) is 4.57. The van der Waals surface area contributed by atoms with Crippen molar-refractivity contribution in [3.8, 4) is 17.2 Å². The first-order valence-corrected chi connectivity index (χ1v) is 11.7. The minimum absolute atomic E-state index is 0.0282. The summed E-state index contributed by atoms with van der Waals surface area (Å²) < 4.78 is 10.6. The first-order chi connectivity index (χ1) is 17.2. The Morgan fingerprint density at radius 3 is 2.19 bits per heavy atom. The largest absolute Gasteiger partial charge is 0.508 e. The highest BCUT2D eigenvalue weighted by Gasteiger charge is 2.46. The Labute approximate surface area is 218 Å². The number of halogens is 2. The number of ketones is 1. The molecule has 0 aromatic heterocycles. The third-order valence-corrected chi connectivity index (χ3v) is 6.58. The van der Waals surface area contributed by atoms with E-state index in [1.807, 2.05) is 12.1 Å². The SMILES string of the molecule is COc1cc(OC)c(/C(O)=C2\C(=O)C(=O)N(CCc3ccc(Cl)cc3)C2c2ccc(O)cc2)cc1Cl. The molecule has 2 N–H and O–H groups in total. The van der Waals surface area contributed by atoms with Gasteiger partial charge in [0.2, 0.25) is 0 Å². The average Bonchev–Trinajstić information content (AvgIpc) is 3.13. The molecule has 3 aromatic carbocycles. The molecule has 4 rings (SSSR count). The van der Waals surface area contributed by atoms with E-state index < -0.39 is 23.5 Å². The van der Waals surface area contributed by atoms with Crippen molar-refractivity contribution in [2.24, 2.45) is 0 Å². The van der Waals surface area contributed by atoms with Gasteiger partial charge in [-0.1, -0.05) is 47.5 Å². The second kappa shape index (κ2) is 10.5. The lowest BCUT2D eigenvalue weighted by molar-refractivity contribution is -0.139. The van der Waals surface area contributed by atoms with Gasteiger partial charge in [-0.25, -0.2) is 0 Å². The van der Waals surface area contributed by atoms with Gasteiger partial charge in [0.1, 0.15) is 23.0 Å². The summed E-state index contributed by atoms with van der Waals surface area (Å²) >= 11 is 12.3. The van der Waals surface area contributed by atoms with E-state index in [-0.39, 0.29) is 34.2 Å². The predicted octanol–water partition coefficient (Wildman–Crippen LogP) is 5.38. The van der Waals surface area contributed by atoms with Gasteiger partial charge in [-0.15, -0.1) is 0 Å². The Morgan fingerprint density at radius 1 is 0.944 bits per heavy atom. The van der Waals surface area contributed by atoms with Gasteiger partial charge in [0, 0.05) is 17.6 Å². The van der Waals surface area contributed by atoms with E-state index in [9.17, 15) is 19.8 Å². The normalized spacial score (nSPS) is 16.9. The molecule has 0 aliphatic carbocycles. The van der Waals surface area contributed by atoms with Gasteiger partial charge in [-0.2, -0.15) is 0 Å². The van der Waals surface area contributed by atoms with Gasteiger partial charge in [0.15, 0.2) is 0 Å². The Kier molecular flexibility index (Phi) is 7.43. The molecule has 1 aliphatic heterocycles. The average molecular weight is 528 g/mol. The summed E-state index contributed by atoms with van der Waals surface area (Å²) in [5, 5.41) is 21.9. The highest BCUT2D eigenvalue weighted by molar-refractivity contribution is 6.46. The van der Waals surface area contributed by atoms with Crippen LogP contribution in [0.2, 0.25) is 10.0 Å². The number of rotatable bonds is 7. The molecule has 0 radical (unpaired) electrons. The Hall–Kier alpha value is -3.68. The van der Waals surface area contributed by atoms with Crippen LogP contribution < -0.4 is 9.47 Å². The van der Waals surface area contributed by atoms with Crippen LogP contribution in [0.3, 0.4) is 0 Å². The maximum Gasteiger partial charge on any atom is 0.295 e. The van der Waals surface area contributed by atoms with Crippen molar-refractivity contribution in [1.29, 1.82) is 0 Å². The number of phenols is 1. The minimum Gasteiger partial charge on any atom is -0.508 e. The van der Waals surface area contributed by atoms with Crippen LogP contribution in [-0.4, -0.2) is 47.6 Å². The third-order valence-electron chi connectivity index (χ3n) is 6.03. The van der Waals surface area contributed by atoms with Crippen LogP contribution in [0.4, 0.5) is 0 Å². The molecule has 7 nitrogen and oxygen atoms in total. The van der Waals surface area contributed by atoms with E-state index in [4.69, 9.17) is 32.7 Å². The maximum absolute atomic E-state index is 13.3. The van der Waals surface area contributed by atoms with E-state index in [0.29, 0.717) is 22.8 Å². The number of carbonyl (C=O) groups excluding carboxylic acids is 2. The number of phenolic OH excluding ortho intramolecular Hbond substituents is 1. The summed E-state index contributed by atoms with van der Waals surface area (Å²) in [4.78, 5) is 27.9. The quantitative estimate of drug-likeness (QED) is 0.243. The van der Waals surface area contributed by atoms with Crippen molar-refractivity contribution in [1.82, 2.24) is 4.90 Å². The fourth-order valence-electron chi connectivity index (χ4n) is 4.20. The van der Waals surface area contributed by atoms with Crippen molar-refractivity contribution < 1.29 is 29.3 Å². The van der Waals surface area contributed by atoms with Crippen LogP contribution >= 0.6 is 23.2 Å². The summed E-state index contributed by atoms with van der Waals surface area (Å²) in [5.74, 6) is -1.45. The first kappa shape index (κ1) is 25.4. The zero-order chi connectivity index (χ0) is 26.0. The summed E-state index contributed by atoms with van der Waals surface area (Å²) in [7, 11) is 2.85. The van der Waals surface area contributed by atoms with E-state index in [0.717, 1.165) is 5.56 Å². The number of benzene rings is 3. The van der Waals surface area contributed by atoms with Crippen molar-refractivity contribution >= 4 is 40.7 Å². The van der Waals surface area contributed by atoms with Crippen LogP contribution in [0.25, 0.3) is 5.76 Å². The van der Waals surface area contributed by atoms with Crippen LogP contribution in [0.1, 0.15) is 22.7 Å². The standard InChI is InChI=1S/C27H23Cl2NO6/c1-35-21-14-22(36-2)20(29)13-19(21)25(32)23-24(16-5-9-18(31)10-6-16)30(27(34)26(23)33)12-11-15-3-7-17(28)8-4-15/h3-10,13-14,24,31-32H,11-12H2,1-2H3/b25-23+. The molecule has 1 atom stereocenters. The Morgan fingerprint density at radius 2 is 1.58 bits per heavy atom. The molecule has 1 heterocycles. The molecule has 1 aliphatic rings. The van der Waals surface area contributed by atoms with Gasteiger partial charge in [0.25, 0.3) is 11.7 Å². The molecule has 1 amide bonds. The molecule has 1 fully saturated rings. The van der Waals surface area contributed by atoms with Gasteiger partial charge in [-0.05, 0) is 47.9 Å². The molecule has 9 heteroatoms. The van der Waals surface area contributed by atoms with E-state index in [1.54, 1.807) is 24.3 Å². The predicted molar refractivity (Wildman–Crippen MR) is 137 cm³/mol. The molecule has 1 unspecified atom stereocenters. The highest BCUT2D eigenvalue weighted by Crippen LogP contribution is 2.43. The van der Waals surface area contributed by atoms with Crippen molar-refractivity contribution in [2.75, 3.05) is 20.8 Å². The summed E-state index contributed by atoms with van der Waals surface area (Å²) in [5.41, 5.74) is 1.50. The second-order valence-electron chi connectivity index (χ2n) is 8.15. The lowest BCUT2D eigenvalue weighted by Crippen LogP contribution is -2.31. The van der Waals surface area contributed by atoms with Crippen molar-refractivity contribution in [2.45, 2.75) is 12.5 Å². The molecular weight excluding hydrogens is 505 g/mol. The summed E-state index contributed by atoms with van der Waals surface area (Å²) in [6.45, 7) is 0.203. The molecule has 0 spiro atoms. The number of Topliss-reactive ketones (excluding diaryl/α,β-unsaturated/α-hetero) is 1. The summed E-state index contributed by atoms with van der Waals surface area (Å²) in [6.07, 6.45) is 0.455.